The van der Waals surface area contributed by atoms with Gasteiger partial charge in [0.1, 0.15) is 5.75 Å². The highest BCUT2D eigenvalue weighted by Gasteiger charge is 1.99. The van der Waals surface area contributed by atoms with Crippen LogP contribution in [0.25, 0.3) is 0 Å². The van der Waals surface area contributed by atoms with Gasteiger partial charge >= 0.3 is 0 Å². The smallest absolute Gasteiger partial charge is 0.219 e. The molecular formula is C13H13BrN2O. The van der Waals surface area contributed by atoms with Gasteiger partial charge in [0.25, 0.3) is 0 Å². The van der Waals surface area contributed by atoms with E-state index >= 15 is 0 Å². The van der Waals surface area contributed by atoms with Crippen molar-refractivity contribution in [2.45, 2.75) is 6.42 Å². The van der Waals surface area contributed by atoms with E-state index in [1.807, 2.05) is 36.4 Å². The zero-order chi connectivity index (χ0) is 12.1. The van der Waals surface area contributed by atoms with Crippen LogP contribution in [0, 0.1) is 0 Å². The Morgan fingerprint density at radius 1 is 1.12 bits per heavy atom. The first-order valence-electron chi connectivity index (χ1n) is 5.36. The molecule has 0 aliphatic carbocycles. The lowest BCUT2D eigenvalue weighted by atomic mass is 10.2. The van der Waals surface area contributed by atoms with E-state index in [2.05, 4.69) is 20.9 Å². The molecule has 4 heteroatoms. The molecule has 0 fully saturated rings. The number of hydrogen-bond donors (Lipinski definition) is 1. The van der Waals surface area contributed by atoms with Crippen molar-refractivity contribution in [2.24, 2.45) is 5.73 Å². The summed E-state index contributed by atoms with van der Waals surface area (Å²) in [6, 6.07) is 11.5. The Morgan fingerprint density at radius 3 is 2.47 bits per heavy atom. The van der Waals surface area contributed by atoms with Gasteiger partial charge in [-0.25, -0.2) is 4.98 Å². The van der Waals surface area contributed by atoms with Crippen molar-refractivity contribution >= 4 is 15.9 Å². The molecule has 2 N–H and O–H groups in total. The Labute approximate surface area is 109 Å². The molecule has 0 saturated carbocycles. The number of ether oxygens (including phenoxy) is 1. The molecule has 0 amide bonds. The molecule has 1 aromatic heterocycles. The van der Waals surface area contributed by atoms with Crippen LogP contribution < -0.4 is 10.5 Å². The minimum Gasteiger partial charge on any atom is -0.439 e. The lowest BCUT2D eigenvalue weighted by Crippen LogP contribution is -2.02. The number of rotatable bonds is 4. The summed E-state index contributed by atoms with van der Waals surface area (Å²) in [4.78, 5) is 4.23. The van der Waals surface area contributed by atoms with Crippen molar-refractivity contribution in [3.05, 3.63) is 52.6 Å². The van der Waals surface area contributed by atoms with E-state index in [1.54, 1.807) is 6.20 Å². The summed E-state index contributed by atoms with van der Waals surface area (Å²) in [6.07, 6.45) is 2.63. The van der Waals surface area contributed by atoms with Gasteiger partial charge in [0.15, 0.2) is 0 Å². The van der Waals surface area contributed by atoms with Crippen LogP contribution in [0.3, 0.4) is 0 Å². The van der Waals surface area contributed by atoms with Crippen molar-refractivity contribution in [3.8, 4) is 11.6 Å². The number of nitrogens with zero attached hydrogens (tertiary/aromatic N) is 1. The number of nitrogens with two attached hydrogens (primary N) is 1. The van der Waals surface area contributed by atoms with Crippen LogP contribution in [0.15, 0.2) is 47.1 Å². The van der Waals surface area contributed by atoms with Crippen molar-refractivity contribution in [1.82, 2.24) is 4.98 Å². The third-order valence-electron chi connectivity index (χ3n) is 2.27. The molecule has 0 atom stereocenters. The molecule has 0 aliphatic heterocycles. The highest BCUT2D eigenvalue weighted by Crippen LogP contribution is 2.21. The van der Waals surface area contributed by atoms with E-state index in [1.165, 1.54) is 0 Å². The van der Waals surface area contributed by atoms with Crippen LogP contribution in [0.2, 0.25) is 0 Å². The van der Waals surface area contributed by atoms with Gasteiger partial charge in [-0.3, -0.25) is 0 Å². The third-order valence-corrected chi connectivity index (χ3v) is 2.80. The summed E-state index contributed by atoms with van der Waals surface area (Å²) in [5.74, 6) is 1.36. The van der Waals surface area contributed by atoms with E-state index in [0.717, 1.165) is 22.2 Å². The Kier molecular flexibility index (Phi) is 4.12. The second-order valence-electron chi connectivity index (χ2n) is 3.60. The average Bonchev–Trinajstić information content (AvgIpc) is 2.35. The van der Waals surface area contributed by atoms with E-state index in [4.69, 9.17) is 10.5 Å². The van der Waals surface area contributed by atoms with Gasteiger partial charge in [0, 0.05) is 16.7 Å². The Morgan fingerprint density at radius 2 is 1.88 bits per heavy atom. The second kappa shape index (κ2) is 5.80. The maximum atomic E-state index is 5.60. The minimum absolute atomic E-state index is 0.591. The third kappa shape index (κ3) is 3.54. The Bertz CT molecular complexity index is 468. The van der Waals surface area contributed by atoms with Gasteiger partial charge in [0.2, 0.25) is 5.88 Å². The summed E-state index contributed by atoms with van der Waals surface area (Å²) in [5, 5.41) is 0. The highest BCUT2D eigenvalue weighted by molar-refractivity contribution is 9.10. The van der Waals surface area contributed by atoms with Crippen molar-refractivity contribution in [1.29, 1.82) is 0 Å². The fourth-order valence-electron chi connectivity index (χ4n) is 1.41. The summed E-state index contributed by atoms with van der Waals surface area (Å²) < 4.78 is 6.63. The molecule has 0 unspecified atom stereocenters. The fourth-order valence-corrected chi connectivity index (χ4v) is 1.67. The van der Waals surface area contributed by atoms with Gasteiger partial charge < -0.3 is 10.5 Å². The molecule has 1 aromatic carbocycles. The predicted molar refractivity (Wildman–Crippen MR) is 71.2 cm³/mol. The van der Waals surface area contributed by atoms with Crippen LogP contribution >= 0.6 is 15.9 Å². The first-order valence-corrected chi connectivity index (χ1v) is 6.15. The summed E-state index contributed by atoms with van der Waals surface area (Å²) in [5.41, 5.74) is 6.59. The van der Waals surface area contributed by atoms with Gasteiger partial charge in [0.05, 0.1) is 0 Å². The number of aromatic nitrogens is 1. The zero-order valence-corrected chi connectivity index (χ0v) is 10.9. The summed E-state index contributed by atoms with van der Waals surface area (Å²) >= 11 is 3.37. The summed E-state index contributed by atoms with van der Waals surface area (Å²) in [6.45, 7) is 0.634. The number of pyridine rings is 1. The molecule has 0 saturated heterocycles. The van der Waals surface area contributed by atoms with Crippen molar-refractivity contribution < 1.29 is 4.74 Å². The van der Waals surface area contributed by atoms with Crippen molar-refractivity contribution in [3.63, 3.8) is 0 Å². The van der Waals surface area contributed by atoms with E-state index in [-0.39, 0.29) is 0 Å². The molecule has 0 bridgehead atoms. The molecule has 1 heterocycles. The number of benzene rings is 1. The van der Waals surface area contributed by atoms with E-state index in [9.17, 15) is 0 Å². The predicted octanol–water partition coefficient (Wildman–Crippen LogP) is 3.14. The standard InChI is InChI=1S/C13H13BrN2O/c14-11-2-4-12(5-3-11)17-13-6-1-10(7-8-15)9-16-13/h1-6,9H,7-8,15H2. The molecule has 0 radical (unpaired) electrons. The molecule has 3 nitrogen and oxygen atoms in total. The van der Waals surface area contributed by atoms with Gasteiger partial charge in [-0.1, -0.05) is 22.0 Å². The van der Waals surface area contributed by atoms with E-state index in [0.29, 0.717) is 12.4 Å². The molecule has 17 heavy (non-hydrogen) atoms. The van der Waals surface area contributed by atoms with Crippen LogP contribution in [-0.4, -0.2) is 11.5 Å². The quantitative estimate of drug-likeness (QED) is 0.942. The van der Waals surface area contributed by atoms with Crippen LogP contribution in [0.1, 0.15) is 5.56 Å². The number of halogens is 1. The Hall–Kier alpha value is -1.39. The van der Waals surface area contributed by atoms with Crippen LogP contribution in [0.4, 0.5) is 0 Å². The average molecular weight is 293 g/mol. The maximum absolute atomic E-state index is 5.60. The first kappa shape index (κ1) is 12.1. The largest absolute Gasteiger partial charge is 0.439 e. The second-order valence-corrected chi connectivity index (χ2v) is 4.52. The molecule has 2 rings (SSSR count). The van der Waals surface area contributed by atoms with Gasteiger partial charge in [-0.2, -0.15) is 0 Å². The van der Waals surface area contributed by atoms with Crippen LogP contribution in [0.5, 0.6) is 11.6 Å². The molecule has 88 valence electrons. The SMILES string of the molecule is NCCc1ccc(Oc2ccc(Br)cc2)nc1. The van der Waals surface area contributed by atoms with Crippen molar-refractivity contribution in [2.75, 3.05) is 6.54 Å². The topological polar surface area (TPSA) is 48.1 Å². The molecular weight excluding hydrogens is 280 g/mol. The maximum Gasteiger partial charge on any atom is 0.219 e. The highest BCUT2D eigenvalue weighted by atomic mass is 79.9. The lowest BCUT2D eigenvalue weighted by molar-refractivity contribution is 0.462. The van der Waals surface area contributed by atoms with Gasteiger partial charge in [-0.15, -0.1) is 0 Å². The number of hydrogen-bond acceptors (Lipinski definition) is 3. The van der Waals surface area contributed by atoms with Gasteiger partial charge in [-0.05, 0) is 42.8 Å². The zero-order valence-electron chi connectivity index (χ0n) is 9.27. The normalized spacial score (nSPS) is 10.2. The lowest BCUT2D eigenvalue weighted by Gasteiger charge is -2.05. The molecule has 0 aliphatic rings. The molecule has 0 spiro atoms. The summed E-state index contributed by atoms with van der Waals surface area (Å²) in [7, 11) is 0. The Balaban J connectivity index is 2.05. The first-order chi connectivity index (χ1) is 8.28. The monoisotopic (exact) mass is 292 g/mol. The van der Waals surface area contributed by atoms with E-state index < -0.39 is 0 Å². The fraction of sp³-hybridized carbons (Fsp3) is 0.154. The molecule has 2 aromatic rings. The minimum atomic E-state index is 0.591. The van der Waals surface area contributed by atoms with Crippen LogP contribution in [-0.2, 0) is 6.42 Å².